The van der Waals surface area contributed by atoms with Crippen LogP contribution in [0.25, 0.3) is 0 Å². The van der Waals surface area contributed by atoms with Crippen LogP contribution in [-0.4, -0.2) is 50.7 Å². The fraction of sp³-hybridized carbons (Fsp3) is 1.00. The zero-order valence-electron chi connectivity index (χ0n) is 10.0. The molecule has 2 unspecified atom stereocenters. The molecule has 1 saturated heterocycles. The molecule has 0 saturated carbocycles. The summed E-state index contributed by atoms with van der Waals surface area (Å²) < 4.78 is 0. The van der Waals surface area contributed by atoms with Gasteiger partial charge in [-0.15, -0.1) is 0 Å². The van der Waals surface area contributed by atoms with E-state index < -0.39 is 0 Å². The largest absolute Gasteiger partial charge is 0.315 e. The standard InChI is InChI=1S/C11H25N3/c1-9(2)11(14(3)4)8-13-10-5-6-12-7-10/h9-13H,5-8H2,1-4H3. The lowest BCUT2D eigenvalue weighted by atomic mass is 10.0. The van der Waals surface area contributed by atoms with E-state index in [9.17, 15) is 0 Å². The summed E-state index contributed by atoms with van der Waals surface area (Å²) in [7, 11) is 4.33. The molecule has 84 valence electrons. The van der Waals surface area contributed by atoms with Crippen molar-refractivity contribution < 1.29 is 0 Å². The first-order valence-corrected chi connectivity index (χ1v) is 5.71. The summed E-state index contributed by atoms with van der Waals surface area (Å²) in [5, 5.41) is 7.02. The highest BCUT2D eigenvalue weighted by molar-refractivity contribution is 4.81. The van der Waals surface area contributed by atoms with E-state index in [1.165, 1.54) is 13.0 Å². The number of rotatable bonds is 5. The summed E-state index contributed by atoms with van der Waals surface area (Å²) >= 11 is 0. The van der Waals surface area contributed by atoms with Gasteiger partial charge in [0.2, 0.25) is 0 Å². The average molecular weight is 199 g/mol. The Labute approximate surface area is 88.2 Å². The van der Waals surface area contributed by atoms with Gasteiger partial charge in [-0.05, 0) is 33.0 Å². The van der Waals surface area contributed by atoms with E-state index >= 15 is 0 Å². The van der Waals surface area contributed by atoms with Crippen LogP contribution in [0.15, 0.2) is 0 Å². The summed E-state index contributed by atoms with van der Waals surface area (Å²) in [5.41, 5.74) is 0. The number of likely N-dealkylation sites (N-methyl/N-ethyl adjacent to an activating group) is 1. The van der Waals surface area contributed by atoms with Gasteiger partial charge in [-0.25, -0.2) is 0 Å². The molecule has 0 bridgehead atoms. The Morgan fingerprint density at radius 3 is 2.57 bits per heavy atom. The number of nitrogens with one attached hydrogen (secondary N) is 2. The van der Waals surface area contributed by atoms with E-state index in [1.807, 2.05) is 0 Å². The van der Waals surface area contributed by atoms with Gasteiger partial charge in [0.05, 0.1) is 0 Å². The fourth-order valence-corrected chi connectivity index (χ4v) is 2.13. The van der Waals surface area contributed by atoms with E-state index in [0.717, 1.165) is 13.1 Å². The van der Waals surface area contributed by atoms with Crippen LogP contribution in [0, 0.1) is 5.92 Å². The van der Waals surface area contributed by atoms with Crippen molar-refractivity contribution in [3.05, 3.63) is 0 Å². The van der Waals surface area contributed by atoms with Gasteiger partial charge in [0.1, 0.15) is 0 Å². The van der Waals surface area contributed by atoms with Crippen molar-refractivity contribution in [3.8, 4) is 0 Å². The van der Waals surface area contributed by atoms with Gasteiger partial charge in [0.25, 0.3) is 0 Å². The predicted molar refractivity (Wildman–Crippen MR) is 61.6 cm³/mol. The summed E-state index contributed by atoms with van der Waals surface area (Å²) in [4.78, 5) is 2.32. The van der Waals surface area contributed by atoms with Crippen LogP contribution in [-0.2, 0) is 0 Å². The number of hydrogen-bond donors (Lipinski definition) is 2. The summed E-state index contributed by atoms with van der Waals surface area (Å²) in [6.07, 6.45) is 1.28. The number of nitrogens with zero attached hydrogens (tertiary/aromatic N) is 1. The summed E-state index contributed by atoms with van der Waals surface area (Å²) in [6.45, 7) is 8.00. The molecule has 2 atom stereocenters. The minimum Gasteiger partial charge on any atom is -0.315 e. The van der Waals surface area contributed by atoms with Gasteiger partial charge >= 0.3 is 0 Å². The molecule has 0 aromatic heterocycles. The lowest BCUT2D eigenvalue weighted by Gasteiger charge is -2.29. The molecule has 3 heteroatoms. The predicted octanol–water partition coefficient (Wildman–Crippen LogP) is 0.524. The van der Waals surface area contributed by atoms with Crippen LogP contribution in [0.5, 0.6) is 0 Å². The lowest BCUT2D eigenvalue weighted by Crippen LogP contribution is -2.45. The number of hydrogen-bond acceptors (Lipinski definition) is 3. The van der Waals surface area contributed by atoms with Crippen molar-refractivity contribution in [2.75, 3.05) is 33.7 Å². The minimum atomic E-state index is 0.649. The highest BCUT2D eigenvalue weighted by Crippen LogP contribution is 2.07. The fourth-order valence-electron chi connectivity index (χ4n) is 2.13. The zero-order valence-corrected chi connectivity index (χ0v) is 10.0. The molecule has 0 radical (unpaired) electrons. The maximum absolute atomic E-state index is 3.64. The third-order valence-electron chi connectivity index (χ3n) is 3.11. The Morgan fingerprint density at radius 2 is 2.14 bits per heavy atom. The maximum Gasteiger partial charge on any atom is 0.0237 e. The molecule has 1 aliphatic rings. The Morgan fingerprint density at radius 1 is 1.43 bits per heavy atom. The summed E-state index contributed by atoms with van der Waals surface area (Å²) in [5.74, 6) is 0.715. The first-order valence-electron chi connectivity index (χ1n) is 5.71. The second kappa shape index (κ2) is 5.69. The van der Waals surface area contributed by atoms with Crippen LogP contribution >= 0.6 is 0 Å². The third kappa shape index (κ3) is 3.56. The molecular formula is C11H25N3. The second-order valence-corrected chi connectivity index (χ2v) is 4.87. The van der Waals surface area contributed by atoms with Crippen molar-refractivity contribution in [1.82, 2.24) is 15.5 Å². The first kappa shape index (κ1) is 12.0. The topological polar surface area (TPSA) is 27.3 Å². The van der Waals surface area contributed by atoms with Crippen molar-refractivity contribution in [2.24, 2.45) is 5.92 Å². The van der Waals surface area contributed by atoms with Crippen LogP contribution in [0.3, 0.4) is 0 Å². The molecule has 1 rings (SSSR count). The molecular weight excluding hydrogens is 174 g/mol. The molecule has 14 heavy (non-hydrogen) atoms. The quantitative estimate of drug-likeness (QED) is 0.676. The third-order valence-corrected chi connectivity index (χ3v) is 3.11. The molecule has 1 fully saturated rings. The van der Waals surface area contributed by atoms with Crippen molar-refractivity contribution in [2.45, 2.75) is 32.4 Å². The highest BCUT2D eigenvalue weighted by atomic mass is 15.1. The van der Waals surface area contributed by atoms with Gasteiger partial charge in [0, 0.05) is 25.2 Å². The molecule has 0 aromatic carbocycles. The van der Waals surface area contributed by atoms with Gasteiger partial charge in [-0.3, -0.25) is 0 Å². The van der Waals surface area contributed by atoms with Crippen LogP contribution in [0.1, 0.15) is 20.3 Å². The Balaban J connectivity index is 2.25. The smallest absolute Gasteiger partial charge is 0.0237 e. The lowest BCUT2D eigenvalue weighted by molar-refractivity contribution is 0.219. The van der Waals surface area contributed by atoms with Gasteiger partial charge in [-0.1, -0.05) is 13.8 Å². The molecule has 0 amide bonds. The van der Waals surface area contributed by atoms with E-state index in [1.54, 1.807) is 0 Å². The normalized spacial score (nSPS) is 24.9. The Kier molecular flexibility index (Phi) is 4.85. The van der Waals surface area contributed by atoms with E-state index in [0.29, 0.717) is 18.0 Å². The molecule has 0 spiro atoms. The molecule has 1 aliphatic heterocycles. The SMILES string of the molecule is CC(C)C(CNC1CCNC1)N(C)C. The maximum atomic E-state index is 3.64. The van der Waals surface area contributed by atoms with Gasteiger partial charge in [-0.2, -0.15) is 0 Å². The molecule has 2 N–H and O–H groups in total. The molecule has 3 nitrogen and oxygen atoms in total. The van der Waals surface area contributed by atoms with E-state index in [2.05, 4.69) is 43.5 Å². The van der Waals surface area contributed by atoms with Crippen LogP contribution in [0.4, 0.5) is 0 Å². The summed E-state index contributed by atoms with van der Waals surface area (Å²) in [6, 6.07) is 1.34. The van der Waals surface area contributed by atoms with Crippen molar-refractivity contribution in [3.63, 3.8) is 0 Å². The van der Waals surface area contributed by atoms with Crippen LogP contribution < -0.4 is 10.6 Å². The molecule has 0 aliphatic carbocycles. The van der Waals surface area contributed by atoms with Gasteiger partial charge in [0.15, 0.2) is 0 Å². The highest BCUT2D eigenvalue weighted by Gasteiger charge is 2.19. The monoisotopic (exact) mass is 199 g/mol. The van der Waals surface area contributed by atoms with Crippen LogP contribution in [0.2, 0.25) is 0 Å². The van der Waals surface area contributed by atoms with E-state index in [-0.39, 0.29) is 0 Å². The Hall–Kier alpha value is -0.120. The van der Waals surface area contributed by atoms with Gasteiger partial charge < -0.3 is 15.5 Å². The zero-order chi connectivity index (χ0) is 10.6. The van der Waals surface area contributed by atoms with E-state index in [4.69, 9.17) is 0 Å². The van der Waals surface area contributed by atoms with Crippen molar-refractivity contribution in [1.29, 1.82) is 0 Å². The second-order valence-electron chi connectivity index (χ2n) is 4.87. The molecule has 1 heterocycles. The van der Waals surface area contributed by atoms with Crippen molar-refractivity contribution >= 4 is 0 Å². The first-order chi connectivity index (χ1) is 6.61. The molecule has 0 aromatic rings. The Bertz CT molecular complexity index is 143. The average Bonchev–Trinajstić information content (AvgIpc) is 2.55. The minimum absolute atomic E-state index is 0.649.